The van der Waals surface area contributed by atoms with E-state index in [2.05, 4.69) is 310 Å². The summed E-state index contributed by atoms with van der Waals surface area (Å²) in [5, 5.41) is 57.2. The van der Waals surface area contributed by atoms with Gasteiger partial charge in [-0.25, -0.2) is 0 Å². The Morgan fingerprint density at radius 3 is 1.25 bits per heavy atom. The van der Waals surface area contributed by atoms with Crippen LogP contribution in [0.3, 0.4) is 0 Å². The zero-order valence-electron chi connectivity index (χ0n) is 66.2. The van der Waals surface area contributed by atoms with Crippen LogP contribution >= 0.6 is 22.7 Å². The number of aromatic amines is 2. The molecular weight excluding hydrogens is 1520 g/mol. The molecule has 1 atom stereocenters. The summed E-state index contributed by atoms with van der Waals surface area (Å²) in [4.78, 5) is 6.67. The van der Waals surface area contributed by atoms with Crippen LogP contribution in [0.25, 0.3) is 168 Å². The van der Waals surface area contributed by atoms with Gasteiger partial charge in [0.05, 0.1) is 72.9 Å². The van der Waals surface area contributed by atoms with Crippen molar-refractivity contribution in [3.05, 3.63) is 439 Å². The number of para-hydroxylation sites is 7. The van der Waals surface area contributed by atoms with Gasteiger partial charge in [0.15, 0.2) is 0 Å². The molecule has 12 heteroatoms. The summed E-state index contributed by atoms with van der Waals surface area (Å²) in [5.41, 5.74) is 25.6. The number of nitrogens with zero attached hydrogens (tertiary/aromatic N) is 5. The SMILES string of the molecule is Cc1ccc(C2(c3ccc4c(c3)c3ccccc3n4-c3ccccc3)c3ccccc3-c3cc(C#N)ccc32)cc1.N#Cc1cccc(-n2c3ccccc3c3cc(-c4ccc(-n5c6ccccc6c6ccccc65)cc4)ccc32)c1.[Be+2].[O-]c1cc2ccccc2cc1-c1[nH+]c2ccccc2s1.[O-]c1cc2ccccc2cc1-c1[nH+]c2ccccc2s1. The van der Waals surface area contributed by atoms with Crippen LogP contribution in [-0.4, -0.2) is 23.8 Å². The average molecular weight is 1600 g/mol. The molecule has 0 fully saturated rings. The van der Waals surface area contributed by atoms with Gasteiger partial charge in [-0.15, -0.1) is 0 Å². The first-order valence-corrected chi connectivity index (χ1v) is 41.9. The molecule has 0 amide bonds. The number of rotatable bonds is 8. The van der Waals surface area contributed by atoms with Crippen molar-refractivity contribution in [1.29, 1.82) is 10.5 Å². The van der Waals surface area contributed by atoms with Crippen molar-refractivity contribution >= 4 is 140 Å². The number of H-pyrrole nitrogens is 2. The molecule has 1 aliphatic rings. The second kappa shape index (κ2) is 31.4. The summed E-state index contributed by atoms with van der Waals surface area (Å²) < 4.78 is 9.29. The van der Waals surface area contributed by atoms with Gasteiger partial charge in [-0.1, -0.05) is 301 Å². The number of aryl methyl sites for hydroxylation is 1. The van der Waals surface area contributed by atoms with Gasteiger partial charge in [0.25, 0.3) is 10.0 Å². The standard InChI is InChI=1S/C39H26N2.C37H23N3.2C17H11NOS.Be/c1-26-15-18-28(19-16-26)39(35-13-7-5-11-31(35)33-23-27(25-40)17-21-36(33)39)29-20-22-38-34(24-29)32-12-6-8-14-37(32)41(38)30-9-3-2-4-10-30;38-24-25-8-7-9-29(22-25)40-36-15-6-3-12-32(36)33-23-27(18-21-37(33)40)26-16-19-28(20-17-26)39-34-13-4-1-10-30(34)31-11-2-5-14-35(31)39;2*19-15-10-12-6-2-1-5-11(12)9-13(15)17-18-14-7-3-4-8-16(14)20-17;/h2-24H,1H3;1-23H;2*1-10,19H;/q;;;;+2. The van der Waals surface area contributed by atoms with Crippen LogP contribution in [-0.2, 0) is 5.41 Å². The predicted molar refractivity (Wildman–Crippen MR) is 500 cm³/mol. The van der Waals surface area contributed by atoms with Crippen LogP contribution in [0.4, 0.5) is 0 Å². The topological polar surface area (TPSA) is 137 Å². The van der Waals surface area contributed by atoms with Gasteiger partial charge in [0.1, 0.15) is 9.40 Å². The number of hydrogen-bond acceptors (Lipinski definition) is 6. The Morgan fingerprint density at radius 1 is 0.295 bits per heavy atom. The number of aromatic nitrogens is 5. The average Bonchev–Trinajstić information content (AvgIpc) is 1.53. The van der Waals surface area contributed by atoms with E-state index in [-0.39, 0.29) is 21.6 Å². The van der Waals surface area contributed by atoms with Crippen molar-refractivity contribution < 1.29 is 20.2 Å². The minimum absolute atomic E-state index is 0. The Hall–Kier alpha value is -15.6. The molecule has 23 aromatic rings. The Kier molecular flexibility index (Phi) is 19.3. The van der Waals surface area contributed by atoms with E-state index in [0.29, 0.717) is 11.1 Å². The monoisotopic (exact) mass is 1590 g/mol. The van der Waals surface area contributed by atoms with Crippen LogP contribution < -0.4 is 20.2 Å². The fourth-order valence-electron chi connectivity index (χ4n) is 18.0. The van der Waals surface area contributed by atoms with E-state index in [1.54, 1.807) is 34.8 Å². The first kappa shape index (κ1) is 75.2. The number of nitrogens with one attached hydrogen (secondary N) is 2. The van der Waals surface area contributed by atoms with E-state index in [9.17, 15) is 20.7 Å². The molecule has 24 rings (SSSR count). The normalized spacial score (nSPS) is 12.6. The van der Waals surface area contributed by atoms with E-state index in [1.807, 2.05) is 121 Å². The summed E-state index contributed by atoms with van der Waals surface area (Å²) >= 11 is 3.24. The van der Waals surface area contributed by atoms with Crippen LogP contribution in [0.2, 0.25) is 0 Å². The van der Waals surface area contributed by atoms with Gasteiger partial charge in [0, 0.05) is 61.5 Å². The van der Waals surface area contributed by atoms with Crippen LogP contribution in [0.5, 0.6) is 11.5 Å². The first-order chi connectivity index (χ1) is 59.6. The number of nitriles is 2. The molecule has 18 aromatic carbocycles. The van der Waals surface area contributed by atoms with Crippen molar-refractivity contribution in [1.82, 2.24) is 13.7 Å². The molecule has 0 bridgehead atoms. The van der Waals surface area contributed by atoms with Crippen molar-refractivity contribution in [2.75, 3.05) is 0 Å². The summed E-state index contributed by atoms with van der Waals surface area (Å²) in [6.45, 7) is 2.14. The molecule has 122 heavy (non-hydrogen) atoms. The molecule has 0 aliphatic heterocycles. The minimum Gasteiger partial charge on any atom is -0.872 e. The maximum atomic E-state index is 12.3. The molecule has 0 saturated carbocycles. The molecule has 1 aliphatic carbocycles. The number of thiazole rings is 2. The summed E-state index contributed by atoms with van der Waals surface area (Å²) in [6.07, 6.45) is 0. The van der Waals surface area contributed by atoms with E-state index in [4.69, 9.17) is 0 Å². The van der Waals surface area contributed by atoms with Gasteiger partial charge >= 0.3 is 10.1 Å². The maximum Gasteiger partial charge on any atom is 2.00 e. The number of benzene rings is 18. The molecule has 0 saturated heterocycles. The minimum atomic E-state index is -0.516. The van der Waals surface area contributed by atoms with Gasteiger partial charge in [-0.2, -0.15) is 20.5 Å². The second-order valence-electron chi connectivity index (χ2n) is 30.6. The Morgan fingerprint density at radius 2 is 0.705 bits per heavy atom. The molecule has 5 heterocycles. The molecule has 2 N–H and O–H groups in total. The van der Waals surface area contributed by atoms with Crippen LogP contribution in [0, 0.1) is 29.6 Å². The van der Waals surface area contributed by atoms with E-state index < -0.39 is 5.41 Å². The van der Waals surface area contributed by atoms with E-state index in [1.165, 1.54) is 98.9 Å². The summed E-state index contributed by atoms with van der Waals surface area (Å²) in [7, 11) is 0. The molecular formula is C110H71BeN7O2S2+2. The predicted octanol–water partition coefficient (Wildman–Crippen LogP) is 25.6. The quantitative estimate of drug-likeness (QED) is 0.140. The van der Waals surface area contributed by atoms with Gasteiger partial charge in [0.2, 0.25) is 11.0 Å². The van der Waals surface area contributed by atoms with E-state index >= 15 is 0 Å². The fraction of sp³-hybridized carbons (Fsp3) is 0.0182. The smallest absolute Gasteiger partial charge is 0.872 e. The number of hydrogen-bond donors (Lipinski definition) is 0. The first-order valence-electron chi connectivity index (χ1n) is 40.3. The Bertz CT molecular complexity index is 7850. The fourth-order valence-corrected chi connectivity index (χ4v) is 20.1. The molecule has 9 nitrogen and oxygen atoms in total. The third kappa shape index (κ3) is 13.1. The van der Waals surface area contributed by atoms with Crippen molar-refractivity contribution in [2.45, 2.75) is 12.3 Å². The molecule has 1 unspecified atom stereocenters. The second-order valence-corrected chi connectivity index (χ2v) is 32.7. The van der Waals surface area contributed by atoms with Gasteiger partial charge in [-0.3, -0.25) is 0 Å². The maximum absolute atomic E-state index is 12.3. The largest absolute Gasteiger partial charge is 2.00 e. The number of fused-ring (bicyclic) bond motifs is 16. The van der Waals surface area contributed by atoms with Gasteiger partial charge < -0.3 is 23.9 Å². The summed E-state index contributed by atoms with van der Waals surface area (Å²) in [5.74, 6) is 0.123. The zero-order chi connectivity index (χ0) is 81.2. The molecule has 5 aromatic heterocycles. The van der Waals surface area contributed by atoms with Crippen LogP contribution in [0.1, 0.15) is 38.9 Å². The zero-order valence-corrected chi connectivity index (χ0v) is 67.8. The Labute approximate surface area is 715 Å². The van der Waals surface area contributed by atoms with Gasteiger partial charge in [-0.05, 0) is 200 Å². The Balaban J connectivity index is 0.000000109. The van der Waals surface area contributed by atoms with E-state index in [0.717, 1.165) is 96.8 Å². The molecule has 570 valence electrons. The summed E-state index contributed by atoms with van der Waals surface area (Å²) in [6, 6.07) is 143. The van der Waals surface area contributed by atoms with Crippen molar-refractivity contribution in [3.8, 4) is 84.1 Å². The third-order valence-corrected chi connectivity index (χ3v) is 25.8. The van der Waals surface area contributed by atoms with Crippen LogP contribution in [0.15, 0.2) is 400 Å². The van der Waals surface area contributed by atoms with Crippen molar-refractivity contribution in [3.63, 3.8) is 0 Å². The molecule has 0 radical (unpaired) electrons. The van der Waals surface area contributed by atoms with Crippen molar-refractivity contribution in [2.24, 2.45) is 0 Å². The molecule has 0 spiro atoms. The third-order valence-electron chi connectivity index (χ3n) is 23.6.